The SMILES string of the molecule is Cc1cc(C=NCc2ccccc2)c(C)n1-c1ccc(Br)cc1. The van der Waals surface area contributed by atoms with Crippen molar-refractivity contribution in [2.75, 3.05) is 0 Å². The summed E-state index contributed by atoms with van der Waals surface area (Å²) in [5.41, 5.74) is 5.99. The quantitative estimate of drug-likeness (QED) is 0.544. The van der Waals surface area contributed by atoms with Crippen LogP contribution >= 0.6 is 15.9 Å². The van der Waals surface area contributed by atoms with Crippen LogP contribution < -0.4 is 0 Å². The average Bonchev–Trinajstić information content (AvgIpc) is 2.84. The standard InChI is InChI=1S/C20H19BrN2/c1-15-12-18(14-22-13-17-6-4-3-5-7-17)16(2)23(15)20-10-8-19(21)9-11-20/h3-12,14H,13H2,1-2H3. The molecule has 23 heavy (non-hydrogen) atoms. The largest absolute Gasteiger partial charge is 0.318 e. The molecule has 0 saturated heterocycles. The summed E-state index contributed by atoms with van der Waals surface area (Å²) in [6.45, 7) is 4.98. The zero-order chi connectivity index (χ0) is 16.2. The second-order valence-electron chi connectivity index (χ2n) is 5.59. The number of hydrogen-bond donors (Lipinski definition) is 0. The van der Waals surface area contributed by atoms with Gasteiger partial charge in [0.25, 0.3) is 0 Å². The van der Waals surface area contributed by atoms with Crippen molar-refractivity contribution in [2.45, 2.75) is 20.4 Å². The molecule has 2 aromatic carbocycles. The fourth-order valence-electron chi connectivity index (χ4n) is 2.74. The first-order chi connectivity index (χ1) is 11.1. The van der Waals surface area contributed by atoms with Crippen molar-refractivity contribution in [1.82, 2.24) is 4.57 Å². The minimum absolute atomic E-state index is 0.711. The molecule has 0 spiro atoms. The van der Waals surface area contributed by atoms with Crippen LogP contribution in [0.4, 0.5) is 0 Å². The Balaban J connectivity index is 1.84. The summed E-state index contributed by atoms with van der Waals surface area (Å²) >= 11 is 3.49. The van der Waals surface area contributed by atoms with Gasteiger partial charge in [-0.25, -0.2) is 0 Å². The van der Waals surface area contributed by atoms with Crippen molar-refractivity contribution < 1.29 is 0 Å². The summed E-state index contributed by atoms with van der Waals surface area (Å²) in [4.78, 5) is 4.59. The zero-order valence-corrected chi connectivity index (χ0v) is 14.9. The van der Waals surface area contributed by atoms with Crippen molar-refractivity contribution in [2.24, 2.45) is 4.99 Å². The smallest absolute Gasteiger partial charge is 0.0639 e. The maximum absolute atomic E-state index is 4.59. The van der Waals surface area contributed by atoms with Gasteiger partial charge in [0.2, 0.25) is 0 Å². The third-order valence-corrected chi connectivity index (χ3v) is 4.43. The lowest BCUT2D eigenvalue weighted by molar-refractivity contribution is 0.964. The summed E-state index contributed by atoms with van der Waals surface area (Å²) in [6, 6.07) is 20.9. The number of aromatic nitrogens is 1. The van der Waals surface area contributed by atoms with Crippen molar-refractivity contribution in [3.63, 3.8) is 0 Å². The van der Waals surface area contributed by atoms with E-state index in [9.17, 15) is 0 Å². The highest BCUT2D eigenvalue weighted by atomic mass is 79.9. The van der Waals surface area contributed by atoms with Crippen LogP contribution in [0.2, 0.25) is 0 Å². The molecular formula is C20H19BrN2. The van der Waals surface area contributed by atoms with Crippen LogP contribution in [0.3, 0.4) is 0 Å². The molecule has 0 amide bonds. The lowest BCUT2D eigenvalue weighted by atomic mass is 10.2. The average molecular weight is 367 g/mol. The fourth-order valence-corrected chi connectivity index (χ4v) is 3.00. The number of aliphatic imine (C=N–C) groups is 1. The van der Waals surface area contributed by atoms with E-state index in [1.165, 1.54) is 28.2 Å². The van der Waals surface area contributed by atoms with Crippen LogP contribution in [0.5, 0.6) is 0 Å². The molecule has 116 valence electrons. The van der Waals surface area contributed by atoms with Crippen LogP contribution in [0, 0.1) is 13.8 Å². The Hall–Kier alpha value is -2.13. The zero-order valence-electron chi connectivity index (χ0n) is 13.3. The number of benzene rings is 2. The Morgan fingerprint density at radius 3 is 2.39 bits per heavy atom. The number of nitrogens with zero attached hydrogens (tertiary/aromatic N) is 2. The molecule has 0 saturated carbocycles. The molecule has 0 aliphatic carbocycles. The minimum Gasteiger partial charge on any atom is -0.318 e. The first-order valence-electron chi connectivity index (χ1n) is 7.64. The van der Waals surface area contributed by atoms with Crippen molar-refractivity contribution in [1.29, 1.82) is 0 Å². The summed E-state index contributed by atoms with van der Waals surface area (Å²) in [5.74, 6) is 0. The van der Waals surface area contributed by atoms with Gasteiger partial charge in [0, 0.05) is 33.3 Å². The number of hydrogen-bond acceptors (Lipinski definition) is 1. The van der Waals surface area contributed by atoms with Gasteiger partial charge >= 0.3 is 0 Å². The highest BCUT2D eigenvalue weighted by molar-refractivity contribution is 9.10. The molecule has 0 aliphatic rings. The van der Waals surface area contributed by atoms with Gasteiger partial charge in [-0.05, 0) is 49.7 Å². The van der Waals surface area contributed by atoms with E-state index in [4.69, 9.17) is 0 Å². The van der Waals surface area contributed by atoms with E-state index >= 15 is 0 Å². The van der Waals surface area contributed by atoms with Crippen molar-refractivity contribution in [3.8, 4) is 5.69 Å². The van der Waals surface area contributed by atoms with E-state index < -0.39 is 0 Å². The van der Waals surface area contributed by atoms with E-state index in [0.29, 0.717) is 6.54 Å². The van der Waals surface area contributed by atoms with Crippen molar-refractivity contribution >= 4 is 22.1 Å². The van der Waals surface area contributed by atoms with Gasteiger partial charge in [-0.2, -0.15) is 0 Å². The summed E-state index contributed by atoms with van der Waals surface area (Å²) in [6.07, 6.45) is 1.98. The molecule has 1 aromatic heterocycles. The van der Waals surface area contributed by atoms with Gasteiger partial charge in [0.1, 0.15) is 0 Å². The number of aryl methyl sites for hydroxylation is 1. The molecule has 0 fully saturated rings. The van der Waals surface area contributed by atoms with Gasteiger partial charge in [-0.3, -0.25) is 4.99 Å². The van der Waals surface area contributed by atoms with E-state index in [0.717, 1.165) is 4.47 Å². The minimum atomic E-state index is 0.711. The molecule has 1 heterocycles. The molecule has 0 N–H and O–H groups in total. The molecular weight excluding hydrogens is 348 g/mol. The van der Waals surface area contributed by atoms with Crippen LogP contribution in [0.15, 0.2) is 70.1 Å². The second-order valence-corrected chi connectivity index (χ2v) is 6.51. The highest BCUT2D eigenvalue weighted by Crippen LogP contribution is 2.21. The molecule has 0 atom stereocenters. The van der Waals surface area contributed by atoms with Gasteiger partial charge in [-0.1, -0.05) is 46.3 Å². The third kappa shape index (κ3) is 3.62. The maximum Gasteiger partial charge on any atom is 0.0639 e. The van der Waals surface area contributed by atoms with E-state index in [-0.39, 0.29) is 0 Å². The molecule has 3 heteroatoms. The molecule has 0 bridgehead atoms. The topological polar surface area (TPSA) is 17.3 Å². The van der Waals surface area contributed by atoms with Crippen LogP contribution in [0.1, 0.15) is 22.5 Å². The molecule has 0 aliphatic heterocycles. The maximum atomic E-state index is 4.59. The second kappa shape index (κ2) is 6.97. The van der Waals surface area contributed by atoms with Crippen LogP contribution in [0.25, 0.3) is 5.69 Å². The Kier molecular flexibility index (Phi) is 4.77. The van der Waals surface area contributed by atoms with Crippen molar-refractivity contribution in [3.05, 3.63) is 87.7 Å². The molecule has 0 unspecified atom stereocenters. The predicted octanol–water partition coefficient (Wildman–Crippen LogP) is 5.48. The fraction of sp³-hybridized carbons (Fsp3) is 0.150. The number of halogens is 1. The Labute approximate surface area is 145 Å². The van der Waals surface area contributed by atoms with Gasteiger partial charge in [0.05, 0.1) is 6.54 Å². The third-order valence-electron chi connectivity index (χ3n) is 3.90. The van der Waals surface area contributed by atoms with E-state index in [1.807, 2.05) is 24.4 Å². The van der Waals surface area contributed by atoms with E-state index in [2.05, 4.69) is 81.8 Å². The summed E-state index contributed by atoms with van der Waals surface area (Å²) in [7, 11) is 0. The molecule has 2 nitrogen and oxygen atoms in total. The highest BCUT2D eigenvalue weighted by Gasteiger charge is 2.09. The Morgan fingerprint density at radius 2 is 1.70 bits per heavy atom. The Bertz CT molecular complexity index is 815. The monoisotopic (exact) mass is 366 g/mol. The first kappa shape index (κ1) is 15.8. The molecule has 0 radical (unpaired) electrons. The summed E-state index contributed by atoms with van der Waals surface area (Å²) in [5, 5.41) is 0. The lowest BCUT2D eigenvalue weighted by Crippen LogP contribution is -1.99. The molecule has 3 rings (SSSR count). The Morgan fingerprint density at radius 1 is 1.00 bits per heavy atom. The molecule has 3 aromatic rings. The van der Waals surface area contributed by atoms with Gasteiger partial charge in [-0.15, -0.1) is 0 Å². The lowest BCUT2D eigenvalue weighted by Gasteiger charge is -2.09. The van der Waals surface area contributed by atoms with Gasteiger partial charge < -0.3 is 4.57 Å². The normalized spacial score (nSPS) is 11.3. The van der Waals surface area contributed by atoms with E-state index in [1.54, 1.807) is 0 Å². The number of rotatable bonds is 4. The summed E-state index contributed by atoms with van der Waals surface area (Å²) < 4.78 is 3.35. The predicted molar refractivity (Wildman–Crippen MR) is 101 cm³/mol. The van der Waals surface area contributed by atoms with Crippen LogP contribution in [-0.4, -0.2) is 10.8 Å². The van der Waals surface area contributed by atoms with Crippen LogP contribution in [-0.2, 0) is 6.54 Å². The van der Waals surface area contributed by atoms with Gasteiger partial charge in [0.15, 0.2) is 0 Å². The first-order valence-corrected chi connectivity index (χ1v) is 8.43.